The first-order valence-electron chi connectivity index (χ1n) is 11.9. The standard InChI is InChI=1S/C28H30N4O3/c1-28(2,3)20-5-4-6-21(15-20)32-27(33)19-13-18-14-22(7-8-25(18)34-17-19)35-23-9-10-29-24(16-23)26-30-11-12-31-26/h4-10,14-16,19H,11-13,17H2,1-3H3,(H,30,31)(H,32,33). The van der Waals surface area contributed by atoms with Gasteiger partial charge in [0.1, 0.15) is 35.4 Å². The predicted octanol–water partition coefficient (Wildman–Crippen LogP) is 4.71. The molecule has 7 nitrogen and oxygen atoms in total. The maximum atomic E-state index is 13.0. The van der Waals surface area contributed by atoms with Crippen LogP contribution in [0.15, 0.2) is 65.8 Å². The normalized spacial score (nSPS) is 17.0. The number of nitrogens with one attached hydrogen (secondary N) is 2. The molecule has 2 aromatic carbocycles. The Labute approximate surface area is 205 Å². The van der Waals surface area contributed by atoms with Crippen molar-refractivity contribution in [2.75, 3.05) is 25.0 Å². The van der Waals surface area contributed by atoms with Gasteiger partial charge in [0, 0.05) is 24.5 Å². The lowest BCUT2D eigenvalue weighted by atomic mass is 9.87. The van der Waals surface area contributed by atoms with Gasteiger partial charge in [-0.25, -0.2) is 0 Å². The number of ether oxygens (including phenoxy) is 2. The van der Waals surface area contributed by atoms with E-state index in [0.717, 1.165) is 41.6 Å². The smallest absolute Gasteiger partial charge is 0.231 e. The summed E-state index contributed by atoms with van der Waals surface area (Å²) in [6, 6.07) is 17.4. The minimum absolute atomic E-state index is 0.0146. The molecule has 0 bridgehead atoms. The van der Waals surface area contributed by atoms with Gasteiger partial charge in [-0.2, -0.15) is 0 Å². The lowest BCUT2D eigenvalue weighted by molar-refractivity contribution is -0.121. The zero-order valence-corrected chi connectivity index (χ0v) is 20.3. The van der Waals surface area contributed by atoms with Gasteiger partial charge in [0.15, 0.2) is 0 Å². The van der Waals surface area contributed by atoms with Crippen LogP contribution in [-0.2, 0) is 16.6 Å². The molecule has 180 valence electrons. The quantitative estimate of drug-likeness (QED) is 0.564. The number of aliphatic imine (C=N–C) groups is 1. The number of benzene rings is 2. The molecule has 5 rings (SSSR count). The van der Waals surface area contributed by atoms with Crippen molar-refractivity contribution in [3.05, 3.63) is 77.6 Å². The van der Waals surface area contributed by atoms with Gasteiger partial charge in [-0.1, -0.05) is 32.9 Å². The molecule has 1 amide bonds. The molecule has 0 radical (unpaired) electrons. The van der Waals surface area contributed by atoms with Gasteiger partial charge in [-0.15, -0.1) is 0 Å². The summed E-state index contributed by atoms with van der Waals surface area (Å²) >= 11 is 0. The molecule has 3 aromatic rings. The fourth-order valence-electron chi connectivity index (χ4n) is 4.22. The maximum absolute atomic E-state index is 13.0. The van der Waals surface area contributed by atoms with Crippen LogP contribution in [0.1, 0.15) is 37.6 Å². The molecule has 2 aliphatic rings. The van der Waals surface area contributed by atoms with Crippen molar-refractivity contribution in [1.29, 1.82) is 0 Å². The lowest BCUT2D eigenvalue weighted by Crippen LogP contribution is -2.32. The molecule has 0 saturated heterocycles. The average molecular weight is 471 g/mol. The van der Waals surface area contributed by atoms with Crippen LogP contribution < -0.4 is 20.1 Å². The van der Waals surface area contributed by atoms with Gasteiger partial charge in [-0.05, 0) is 59.4 Å². The third kappa shape index (κ3) is 5.29. The van der Waals surface area contributed by atoms with Gasteiger partial charge < -0.3 is 20.1 Å². The van der Waals surface area contributed by atoms with E-state index in [1.807, 2.05) is 48.5 Å². The Balaban J connectivity index is 1.27. The van der Waals surface area contributed by atoms with E-state index in [-0.39, 0.29) is 17.2 Å². The molecule has 2 aliphatic heterocycles. The summed E-state index contributed by atoms with van der Waals surface area (Å²) in [7, 11) is 0. The van der Waals surface area contributed by atoms with E-state index in [1.54, 1.807) is 6.20 Å². The summed E-state index contributed by atoms with van der Waals surface area (Å²) in [6.07, 6.45) is 2.30. The van der Waals surface area contributed by atoms with E-state index in [9.17, 15) is 4.79 Å². The van der Waals surface area contributed by atoms with E-state index in [2.05, 4.69) is 47.4 Å². The largest absolute Gasteiger partial charge is 0.492 e. The van der Waals surface area contributed by atoms with Crippen molar-refractivity contribution in [3.63, 3.8) is 0 Å². The highest BCUT2D eigenvalue weighted by Gasteiger charge is 2.27. The van der Waals surface area contributed by atoms with Crippen LogP contribution in [0.3, 0.4) is 0 Å². The number of anilines is 1. The van der Waals surface area contributed by atoms with Crippen molar-refractivity contribution in [1.82, 2.24) is 10.3 Å². The van der Waals surface area contributed by atoms with Crippen LogP contribution >= 0.6 is 0 Å². The molecule has 1 atom stereocenters. The third-order valence-corrected chi connectivity index (χ3v) is 6.19. The molecule has 2 N–H and O–H groups in total. The van der Waals surface area contributed by atoms with Gasteiger partial charge in [0.05, 0.1) is 12.5 Å². The Hall–Kier alpha value is -3.87. The predicted molar refractivity (Wildman–Crippen MR) is 137 cm³/mol. The number of nitrogens with zero attached hydrogens (tertiary/aromatic N) is 2. The molecular weight excluding hydrogens is 440 g/mol. The molecule has 0 aliphatic carbocycles. The van der Waals surface area contributed by atoms with Gasteiger partial charge in [-0.3, -0.25) is 14.8 Å². The highest BCUT2D eigenvalue weighted by Crippen LogP contribution is 2.33. The van der Waals surface area contributed by atoms with E-state index in [1.165, 1.54) is 5.56 Å². The van der Waals surface area contributed by atoms with Crippen LogP contribution in [0.25, 0.3) is 0 Å². The molecule has 7 heteroatoms. The van der Waals surface area contributed by atoms with Gasteiger partial charge in [0.25, 0.3) is 0 Å². The van der Waals surface area contributed by atoms with E-state index < -0.39 is 0 Å². The second kappa shape index (κ2) is 9.41. The topological polar surface area (TPSA) is 84.8 Å². The fraction of sp³-hybridized carbons (Fsp3) is 0.321. The SMILES string of the molecule is CC(C)(C)c1cccc(NC(=O)C2COc3ccc(Oc4ccnc(C5=NCCN5)c4)cc3C2)c1. The maximum Gasteiger partial charge on any atom is 0.231 e. The monoisotopic (exact) mass is 470 g/mol. The zero-order valence-electron chi connectivity index (χ0n) is 20.3. The Morgan fingerprint density at radius 1 is 1.11 bits per heavy atom. The highest BCUT2D eigenvalue weighted by molar-refractivity contribution is 5.98. The molecule has 35 heavy (non-hydrogen) atoms. The van der Waals surface area contributed by atoms with Crippen LogP contribution in [0.5, 0.6) is 17.2 Å². The Morgan fingerprint density at radius 2 is 1.97 bits per heavy atom. The van der Waals surface area contributed by atoms with Crippen LogP contribution in [0.4, 0.5) is 5.69 Å². The summed E-state index contributed by atoms with van der Waals surface area (Å²) in [5.41, 5.74) is 3.71. The summed E-state index contributed by atoms with van der Waals surface area (Å²) in [6.45, 7) is 8.40. The fourth-order valence-corrected chi connectivity index (χ4v) is 4.22. The summed E-state index contributed by atoms with van der Waals surface area (Å²) in [5, 5.41) is 6.29. The van der Waals surface area contributed by atoms with Crippen LogP contribution in [0, 0.1) is 5.92 Å². The van der Waals surface area contributed by atoms with Crippen molar-refractivity contribution in [3.8, 4) is 17.2 Å². The van der Waals surface area contributed by atoms with Crippen molar-refractivity contribution in [2.45, 2.75) is 32.6 Å². The second-order valence-corrected chi connectivity index (χ2v) is 9.94. The molecule has 1 aromatic heterocycles. The van der Waals surface area contributed by atoms with E-state index in [4.69, 9.17) is 9.47 Å². The Kier molecular flexibility index (Phi) is 6.16. The third-order valence-electron chi connectivity index (χ3n) is 6.19. The minimum Gasteiger partial charge on any atom is -0.492 e. The van der Waals surface area contributed by atoms with Crippen molar-refractivity contribution < 1.29 is 14.3 Å². The van der Waals surface area contributed by atoms with Crippen molar-refractivity contribution in [2.24, 2.45) is 10.9 Å². The van der Waals surface area contributed by atoms with Crippen LogP contribution in [0.2, 0.25) is 0 Å². The zero-order chi connectivity index (χ0) is 24.4. The number of carbonyl (C=O) groups excluding carboxylic acids is 1. The summed E-state index contributed by atoms with van der Waals surface area (Å²) < 4.78 is 12.0. The van der Waals surface area contributed by atoms with Crippen molar-refractivity contribution >= 4 is 17.4 Å². The molecule has 0 saturated carbocycles. The average Bonchev–Trinajstić information content (AvgIpc) is 3.39. The number of pyridine rings is 1. The van der Waals surface area contributed by atoms with E-state index in [0.29, 0.717) is 24.5 Å². The Bertz CT molecular complexity index is 1280. The molecule has 0 fully saturated rings. The number of rotatable bonds is 5. The Morgan fingerprint density at radius 3 is 2.77 bits per heavy atom. The molecule has 1 unspecified atom stereocenters. The van der Waals surface area contributed by atoms with Gasteiger partial charge in [0.2, 0.25) is 5.91 Å². The number of carbonyl (C=O) groups is 1. The van der Waals surface area contributed by atoms with E-state index >= 15 is 0 Å². The number of aromatic nitrogens is 1. The number of hydrogen-bond donors (Lipinski definition) is 2. The first-order valence-corrected chi connectivity index (χ1v) is 11.9. The first kappa shape index (κ1) is 22.9. The first-order chi connectivity index (χ1) is 16.8. The molecule has 0 spiro atoms. The van der Waals surface area contributed by atoms with Gasteiger partial charge >= 0.3 is 0 Å². The second-order valence-electron chi connectivity index (χ2n) is 9.94. The summed E-state index contributed by atoms with van der Waals surface area (Å²) in [5.74, 6) is 2.61. The molecule has 3 heterocycles. The van der Waals surface area contributed by atoms with Crippen LogP contribution in [-0.4, -0.2) is 36.4 Å². The number of fused-ring (bicyclic) bond motifs is 1. The molecular formula is C28H30N4O3. The lowest BCUT2D eigenvalue weighted by Gasteiger charge is -2.25. The number of amidine groups is 1. The highest BCUT2D eigenvalue weighted by atomic mass is 16.5. The minimum atomic E-state index is -0.282. The number of hydrogen-bond acceptors (Lipinski definition) is 6. The summed E-state index contributed by atoms with van der Waals surface area (Å²) in [4.78, 5) is 21.8. The number of amides is 1.